The number of alkyl halides is 3. The minimum atomic E-state index is -4.65. The van der Waals surface area contributed by atoms with Crippen molar-refractivity contribution in [3.05, 3.63) is 12.7 Å². The predicted octanol–water partition coefficient (Wildman–Crippen LogP) is 1.26. The number of rotatable bonds is 6. The number of aliphatic carboxylic acids is 1. The standard InChI is InChI=1S/C9H11F3N2O2/c1-2-3-14(6-8(15)16)5-7(4-13)9(10,11)12/h2,7H,1,3,5-6H2,(H,15,16). The molecule has 16 heavy (non-hydrogen) atoms. The van der Waals surface area contributed by atoms with Gasteiger partial charge in [0.15, 0.2) is 5.92 Å². The van der Waals surface area contributed by atoms with Crippen LogP contribution in [0.2, 0.25) is 0 Å². The van der Waals surface area contributed by atoms with Gasteiger partial charge in [0.1, 0.15) is 0 Å². The maximum atomic E-state index is 12.2. The van der Waals surface area contributed by atoms with E-state index in [0.717, 1.165) is 11.0 Å². The summed E-state index contributed by atoms with van der Waals surface area (Å²) in [6, 6.07) is 1.11. The molecular formula is C9H11F3N2O2. The molecular weight excluding hydrogens is 225 g/mol. The number of hydrogen-bond acceptors (Lipinski definition) is 3. The van der Waals surface area contributed by atoms with Gasteiger partial charge in [-0.2, -0.15) is 18.4 Å². The van der Waals surface area contributed by atoms with E-state index in [9.17, 15) is 18.0 Å². The summed E-state index contributed by atoms with van der Waals surface area (Å²) in [7, 11) is 0. The van der Waals surface area contributed by atoms with Crippen LogP contribution in [0, 0.1) is 17.2 Å². The van der Waals surface area contributed by atoms with Crippen LogP contribution < -0.4 is 0 Å². The van der Waals surface area contributed by atoms with E-state index in [2.05, 4.69) is 6.58 Å². The van der Waals surface area contributed by atoms with Crippen LogP contribution in [0.25, 0.3) is 0 Å². The summed E-state index contributed by atoms with van der Waals surface area (Å²) < 4.78 is 36.7. The molecule has 0 aliphatic heterocycles. The van der Waals surface area contributed by atoms with Crippen LogP contribution in [-0.4, -0.2) is 41.8 Å². The van der Waals surface area contributed by atoms with Gasteiger partial charge in [0.05, 0.1) is 12.6 Å². The Labute approximate surface area is 90.6 Å². The lowest BCUT2D eigenvalue weighted by atomic mass is 10.1. The second-order valence-electron chi connectivity index (χ2n) is 3.10. The fourth-order valence-electron chi connectivity index (χ4n) is 1.05. The van der Waals surface area contributed by atoms with E-state index in [0.29, 0.717) is 0 Å². The van der Waals surface area contributed by atoms with Gasteiger partial charge in [-0.25, -0.2) is 0 Å². The SMILES string of the molecule is C=CCN(CC(=O)O)CC(C#N)C(F)(F)F. The van der Waals surface area contributed by atoms with E-state index in [-0.39, 0.29) is 6.54 Å². The summed E-state index contributed by atoms with van der Waals surface area (Å²) in [5.41, 5.74) is 0. The monoisotopic (exact) mass is 236 g/mol. The van der Waals surface area contributed by atoms with Crippen LogP contribution in [0.4, 0.5) is 13.2 Å². The van der Waals surface area contributed by atoms with E-state index < -0.39 is 31.2 Å². The number of nitriles is 1. The first kappa shape index (κ1) is 14.5. The Kier molecular flexibility index (Phi) is 5.53. The Balaban J connectivity index is 4.53. The van der Waals surface area contributed by atoms with Crippen LogP contribution in [0.3, 0.4) is 0 Å². The topological polar surface area (TPSA) is 64.3 Å². The summed E-state index contributed by atoms with van der Waals surface area (Å²) in [6.45, 7) is 2.07. The maximum absolute atomic E-state index is 12.2. The van der Waals surface area contributed by atoms with E-state index in [1.54, 1.807) is 0 Å². The molecule has 0 saturated carbocycles. The van der Waals surface area contributed by atoms with Crippen LogP contribution in [0.1, 0.15) is 0 Å². The molecule has 90 valence electrons. The third-order valence-electron chi connectivity index (χ3n) is 1.74. The van der Waals surface area contributed by atoms with Gasteiger partial charge in [-0.1, -0.05) is 6.08 Å². The van der Waals surface area contributed by atoms with E-state index in [4.69, 9.17) is 10.4 Å². The molecule has 0 radical (unpaired) electrons. The van der Waals surface area contributed by atoms with E-state index >= 15 is 0 Å². The smallest absolute Gasteiger partial charge is 0.405 e. The van der Waals surface area contributed by atoms with Gasteiger partial charge < -0.3 is 5.11 Å². The molecule has 0 aromatic heterocycles. The number of carbonyl (C=O) groups is 1. The lowest BCUT2D eigenvalue weighted by molar-refractivity contribution is -0.164. The molecule has 4 nitrogen and oxygen atoms in total. The molecule has 1 atom stereocenters. The third-order valence-corrected chi connectivity index (χ3v) is 1.74. The summed E-state index contributed by atoms with van der Waals surface area (Å²) in [6.07, 6.45) is -3.36. The highest BCUT2D eigenvalue weighted by molar-refractivity contribution is 5.69. The van der Waals surface area contributed by atoms with Gasteiger partial charge in [0.25, 0.3) is 0 Å². The molecule has 0 aliphatic carbocycles. The molecule has 0 aromatic rings. The van der Waals surface area contributed by atoms with Crippen molar-refractivity contribution in [3.63, 3.8) is 0 Å². The van der Waals surface area contributed by atoms with Gasteiger partial charge in [0.2, 0.25) is 0 Å². The van der Waals surface area contributed by atoms with Crippen molar-refractivity contribution in [1.82, 2.24) is 4.90 Å². The Hall–Kier alpha value is -1.55. The quantitative estimate of drug-likeness (QED) is 0.705. The number of hydrogen-bond donors (Lipinski definition) is 1. The summed E-state index contributed by atoms with van der Waals surface area (Å²) in [5.74, 6) is -3.44. The molecule has 0 saturated heterocycles. The highest BCUT2D eigenvalue weighted by atomic mass is 19.4. The first-order valence-corrected chi connectivity index (χ1v) is 4.32. The van der Waals surface area contributed by atoms with Crippen molar-refractivity contribution in [3.8, 4) is 6.07 Å². The van der Waals surface area contributed by atoms with Crippen molar-refractivity contribution >= 4 is 5.97 Å². The first-order chi connectivity index (χ1) is 7.31. The van der Waals surface area contributed by atoms with Crippen LogP contribution >= 0.6 is 0 Å². The lowest BCUT2D eigenvalue weighted by Crippen LogP contribution is -2.38. The zero-order chi connectivity index (χ0) is 12.8. The van der Waals surface area contributed by atoms with Gasteiger partial charge >= 0.3 is 12.1 Å². The Morgan fingerprint density at radius 1 is 1.62 bits per heavy atom. The minimum absolute atomic E-state index is 0.0133. The molecule has 0 aliphatic rings. The minimum Gasteiger partial charge on any atom is -0.480 e. The number of halogens is 3. The van der Waals surface area contributed by atoms with Gasteiger partial charge in [0, 0.05) is 13.1 Å². The second kappa shape index (κ2) is 6.12. The molecule has 0 fully saturated rings. The van der Waals surface area contributed by atoms with Crippen molar-refractivity contribution < 1.29 is 23.1 Å². The van der Waals surface area contributed by atoms with Crippen LogP contribution in [0.15, 0.2) is 12.7 Å². The van der Waals surface area contributed by atoms with Crippen LogP contribution in [0.5, 0.6) is 0 Å². The predicted molar refractivity (Wildman–Crippen MR) is 49.4 cm³/mol. The van der Waals surface area contributed by atoms with Crippen molar-refractivity contribution in [1.29, 1.82) is 5.26 Å². The van der Waals surface area contributed by atoms with E-state index in [1.165, 1.54) is 6.08 Å². The van der Waals surface area contributed by atoms with E-state index in [1.807, 2.05) is 0 Å². The molecule has 0 heterocycles. The average molecular weight is 236 g/mol. The van der Waals surface area contributed by atoms with Crippen molar-refractivity contribution in [2.45, 2.75) is 6.18 Å². The largest absolute Gasteiger partial charge is 0.480 e. The first-order valence-electron chi connectivity index (χ1n) is 4.32. The Morgan fingerprint density at radius 3 is 2.50 bits per heavy atom. The van der Waals surface area contributed by atoms with Gasteiger partial charge in [-0.15, -0.1) is 6.58 Å². The number of carboxylic acid groups (broad SMARTS) is 1. The molecule has 0 amide bonds. The fraction of sp³-hybridized carbons (Fsp3) is 0.556. The highest BCUT2D eigenvalue weighted by Crippen LogP contribution is 2.26. The summed E-state index contributed by atoms with van der Waals surface area (Å²) >= 11 is 0. The van der Waals surface area contributed by atoms with Crippen molar-refractivity contribution in [2.24, 2.45) is 5.92 Å². The summed E-state index contributed by atoms with van der Waals surface area (Å²) in [4.78, 5) is 11.4. The fourth-order valence-corrected chi connectivity index (χ4v) is 1.05. The lowest BCUT2D eigenvalue weighted by Gasteiger charge is -2.22. The second-order valence-corrected chi connectivity index (χ2v) is 3.10. The normalized spacial score (nSPS) is 13.2. The maximum Gasteiger partial charge on any atom is 0.405 e. The average Bonchev–Trinajstić information content (AvgIpc) is 2.11. The molecule has 0 bridgehead atoms. The highest BCUT2D eigenvalue weighted by Gasteiger charge is 2.40. The molecule has 0 aromatic carbocycles. The molecule has 0 spiro atoms. The third kappa shape index (κ3) is 5.36. The van der Waals surface area contributed by atoms with Crippen LogP contribution in [-0.2, 0) is 4.79 Å². The number of nitrogens with zero attached hydrogens (tertiary/aromatic N) is 2. The molecule has 1 unspecified atom stereocenters. The molecule has 1 N–H and O–H groups in total. The molecule has 7 heteroatoms. The van der Waals surface area contributed by atoms with Gasteiger partial charge in [-0.05, 0) is 0 Å². The number of carboxylic acids is 1. The zero-order valence-electron chi connectivity index (χ0n) is 8.37. The Bertz CT molecular complexity index is 296. The summed E-state index contributed by atoms with van der Waals surface area (Å²) in [5, 5.41) is 16.8. The van der Waals surface area contributed by atoms with Crippen molar-refractivity contribution in [2.75, 3.05) is 19.6 Å². The Morgan fingerprint density at radius 2 is 2.19 bits per heavy atom. The van der Waals surface area contributed by atoms with Gasteiger partial charge in [-0.3, -0.25) is 9.69 Å². The molecule has 0 rings (SSSR count). The zero-order valence-corrected chi connectivity index (χ0v) is 8.37.